The zero-order valence-corrected chi connectivity index (χ0v) is 15.5. The van der Waals surface area contributed by atoms with E-state index in [0.717, 1.165) is 0 Å². The minimum Gasteiger partial charge on any atom is -0.384 e. The zero-order valence-electron chi connectivity index (χ0n) is 15.5. The van der Waals surface area contributed by atoms with Gasteiger partial charge >= 0.3 is 0 Å². The van der Waals surface area contributed by atoms with Gasteiger partial charge in [-0.25, -0.2) is 0 Å². The Bertz CT molecular complexity index is 213. The first-order valence-electron chi connectivity index (χ1n) is 7.74. The Hall–Kier alpha value is -0.280. The molecule has 0 aromatic heterocycles. The van der Waals surface area contributed by atoms with E-state index in [4.69, 9.17) is 33.2 Å². The first-order valence-corrected chi connectivity index (χ1v) is 7.74. The van der Waals surface area contributed by atoms with Crippen molar-refractivity contribution in [2.24, 2.45) is 5.41 Å². The van der Waals surface area contributed by atoms with E-state index in [2.05, 4.69) is 0 Å². The van der Waals surface area contributed by atoms with Crippen molar-refractivity contribution in [1.29, 1.82) is 0 Å². The number of hydrogen-bond acceptors (Lipinski definition) is 7. The summed E-state index contributed by atoms with van der Waals surface area (Å²) in [5, 5.41) is 0. The molecule has 0 fully saturated rings. The van der Waals surface area contributed by atoms with Crippen LogP contribution in [0, 0.1) is 5.41 Å². The molecule has 0 aromatic rings. The Morgan fingerprint density at radius 3 is 1.35 bits per heavy atom. The molecule has 0 aliphatic carbocycles. The van der Waals surface area contributed by atoms with Crippen LogP contribution in [0.4, 0.5) is 0 Å². The molecule has 7 heteroatoms. The van der Waals surface area contributed by atoms with Gasteiger partial charge in [0.1, 0.15) is 5.60 Å². The van der Waals surface area contributed by atoms with Crippen LogP contribution in [-0.4, -0.2) is 94.0 Å². The van der Waals surface area contributed by atoms with Crippen LogP contribution in [0.3, 0.4) is 0 Å². The second kappa shape index (κ2) is 13.1. The number of ether oxygens (including phenoxy) is 7. The molecular formula is C16H34O7. The van der Waals surface area contributed by atoms with Crippen molar-refractivity contribution < 1.29 is 33.2 Å². The fourth-order valence-electron chi connectivity index (χ4n) is 2.70. The summed E-state index contributed by atoms with van der Waals surface area (Å²) in [6.07, 6.45) is 0. The molecule has 0 saturated heterocycles. The van der Waals surface area contributed by atoms with Crippen molar-refractivity contribution >= 4 is 0 Å². The van der Waals surface area contributed by atoms with Crippen molar-refractivity contribution in [3.05, 3.63) is 0 Å². The summed E-state index contributed by atoms with van der Waals surface area (Å²) in [6.45, 7) is 5.47. The van der Waals surface area contributed by atoms with E-state index in [0.29, 0.717) is 52.9 Å². The first kappa shape index (κ1) is 22.7. The highest BCUT2D eigenvalue weighted by molar-refractivity contribution is 4.83. The average Bonchev–Trinajstić information content (AvgIpc) is 2.49. The SMILES string of the molecule is CCOC(COC)(COC)COCC(COC)(COC)COC. The predicted molar refractivity (Wildman–Crippen MR) is 87.0 cm³/mol. The van der Waals surface area contributed by atoms with E-state index >= 15 is 0 Å². The minimum absolute atomic E-state index is 0.349. The molecule has 0 radical (unpaired) electrons. The zero-order chi connectivity index (χ0) is 17.6. The smallest absolute Gasteiger partial charge is 0.138 e. The standard InChI is InChI=1S/C16H34O7/c1-7-23-16(12-20-5,13-21-6)14-22-11-15(8-17-2,9-18-3)10-19-4/h7-14H2,1-6H3. The van der Waals surface area contributed by atoms with Crippen LogP contribution < -0.4 is 0 Å². The van der Waals surface area contributed by atoms with Crippen LogP contribution in [-0.2, 0) is 33.2 Å². The quantitative estimate of drug-likeness (QED) is 0.416. The van der Waals surface area contributed by atoms with Gasteiger partial charge in [-0.1, -0.05) is 0 Å². The Morgan fingerprint density at radius 2 is 1.00 bits per heavy atom. The summed E-state index contributed by atoms with van der Waals surface area (Å²) in [4.78, 5) is 0. The fraction of sp³-hybridized carbons (Fsp3) is 1.00. The summed E-state index contributed by atoms with van der Waals surface area (Å²) in [7, 11) is 8.23. The third-order valence-corrected chi connectivity index (χ3v) is 3.39. The molecule has 0 atom stereocenters. The van der Waals surface area contributed by atoms with E-state index in [-0.39, 0.29) is 5.41 Å². The first-order chi connectivity index (χ1) is 11.1. The van der Waals surface area contributed by atoms with Crippen molar-refractivity contribution in [3.63, 3.8) is 0 Å². The van der Waals surface area contributed by atoms with Gasteiger partial charge in [-0.3, -0.25) is 0 Å². The molecule has 0 aliphatic heterocycles. The Morgan fingerprint density at radius 1 is 0.565 bits per heavy atom. The maximum Gasteiger partial charge on any atom is 0.138 e. The molecule has 0 aromatic carbocycles. The Kier molecular flexibility index (Phi) is 12.9. The second-order valence-electron chi connectivity index (χ2n) is 5.77. The maximum absolute atomic E-state index is 5.96. The monoisotopic (exact) mass is 338 g/mol. The van der Waals surface area contributed by atoms with Crippen molar-refractivity contribution in [3.8, 4) is 0 Å². The van der Waals surface area contributed by atoms with Gasteiger partial charge in [-0.2, -0.15) is 0 Å². The molecule has 7 nitrogen and oxygen atoms in total. The lowest BCUT2D eigenvalue weighted by molar-refractivity contribution is -0.169. The van der Waals surface area contributed by atoms with E-state index in [9.17, 15) is 0 Å². The maximum atomic E-state index is 5.96. The molecule has 0 N–H and O–H groups in total. The Balaban J connectivity index is 4.82. The predicted octanol–water partition coefficient (Wildman–Crippen LogP) is 0.997. The molecule has 0 heterocycles. The topological polar surface area (TPSA) is 64.6 Å². The van der Waals surface area contributed by atoms with E-state index < -0.39 is 5.60 Å². The summed E-state index contributed by atoms with van der Waals surface area (Å²) in [5.41, 5.74) is -0.993. The molecule has 0 rings (SSSR count). The van der Waals surface area contributed by atoms with Crippen LogP contribution in [0.25, 0.3) is 0 Å². The number of hydrogen-bond donors (Lipinski definition) is 0. The number of methoxy groups -OCH3 is 5. The van der Waals surface area contributed by atoms with Gasteiger partial charge in [0.05, 0.1) is 51.7 Å². The van der Waals surface area contributed by atoms with Crippen LogP contribution in [0.1, 0.15) is 6.92 Å². The van der Waals surface area contributed by atoms with Crippen molar-refractivity contribution in [2.45, 2.75) is 12.5 Å². The lowest BCUT2D eigenvalue weighted by atomic mass is 9.92. The highest BCUT2D eigenvalue weighted by Gasteiger charge is 2.35. The van der Waals surface area contributed by atoms with Crippen LogP contribution in [0.2, 0.25) is 0 Å². The lowest BCUT2D eigenvalue weighted by Gasteiger charge is -2.35. The second-order valence-corrected chi connectivity index (χ2v) is 5.77. The third kappa shape index (κ3) is 8.39. The van der Waals surface area contributed by atoms with Gasteiger partial charge in [0.25, 0.3) is 0 Å². The normalized spacial score (nSPS) is 12.8. The minimum atomic E-state index is -0.628. The molecule has 23 heavy (non-hydrogen) atoms. The van der Waals surface area contributed by atoms with Gasteiger partial charge in [0.15, 0.2) is 0 Å². The molecule has 0 unspecified atom stereocenters. The Labute approximate surface area is 140 Å². The van der Waals surface area contributed by atoms with Crippen LogP contribution in [0.5, 0.6) is 0 Å². The van der Waals surface area contributed by atoms with E-state index in [1.165, 1.54) is 0 Å². The van der Waals surface area contributed by atoms with Gasteiger partial charge < -0.3 is 33.2 Å². The summed E-state index contributed by atoms with van der Waals surface area (Å²) in [5.74, 6) is 0. The number of rotatable bonds is 16. The van der Waals surface area contributed by atoms with Gasteiger partial charge in [0, 0.05) is 42.2 Å². The average molecular weight is 338 g/mol. The van der Waals surface area contributed by atoms with Crippen molar-refractivity contribution in [1.82, 2.24) is 0 Å². The highest BCUT2D eigenvalue weighted by Crippen LogP contribution is 2.22. The fourth-order valence-corrected chi connectivity index (χ4v) is 2.70. The van der Waals surface area contributed by atoms with Gasteiger partial charge in [-0.05, 0) is 6.92 Å². The summed E-state index contributed by atoms with van der Waals surface area (Å²) >= 11 is 0. The summed E-state index contributed by atoms with van der Waals surface area (Å²) in [6, 6.07) is 0. The molecule has 0 bridgehead atoms. The van der Waals surface area contributed by atoms with E-state index in [1.807, 2.05) is 6.92 Å². The third-order valence-electron chi connectivity index (χ3n) is 3.39. The lowest BCUT2D eigenvalue weighted by Crippen LogP contribution is -2.48. The van der Waals surface area contributed by atoms with Crippen LogP contribution >= 0.6 is 0 Å². The molecular weight excluding hydrogens is 304 g/mol. The van der Waals surface area contributed by atoms with Crippen LogP contribution in [0.15, 0.2) is 0 Å². The largest absolute Gasteiger partial charge is 0.384 e. The van der Waals surface area contributed by atoms with Gasteiger partial charge in [0.2, 0.25) is 0 Å². The highest BCUT2D eigenvalue weighted by atomic mass is 16.6. The molecule has 0 aliphatic rings. The molecule has 0 saturated carbocycles. The molecule has 0 spiro atoms. The van der Waals surface area contributed by atoms with E-state index in [1.54, 1.807) is 35.5 Å². The van der Waals surface area contributed by atoms with Gasteiger partial charge in [-0.15, -0.1) is 0 Å². The molecule has 140 valence electrons. The molecule has 0 amide bonds. The summed E-state index contributed by atoms with van der Waals surface area (Å²) < 4.78 is 38.3. The van der Waals surface area contributed by atoms with Crippen molar-refractivity contribution in [2.75, 3.05) is 88.4 Å².